The molecule has 3 nitrogen and oxygen atoms in total. The van der Waals surface area contributed by atoms with Crippen molar-refractivity contribution >= 4 is 8.32 Å². The van der Waals surface area contributed by atoms with Crippen LogP contribution in [-0.4, -0.2) is 32.7 Å². The van der Waals surface area contributed by atoms with Crippen molar-refractivity contribution in [3.05, 3.63) is 48.0 Å². The zero-order chi connectivity index (χ0) is 17.8. The molecule has 0 bridgehead atoms. The Labute approximate surface area is 148 Å². The van der Waals surface area contributed by atoms with Crippen molar-refractivity contribution in [1.29, 1.82) is 0 Å². The highest BCUT2D eigenvalue weighted by Crippen LogP contribution is 2.26. The van der Waals surface area contributed by atoms with E-state index in [2.05, 4.69) is 39.8 Å². The lowest BCUT2D eigenvalue weighted by Gasteiger charge is -2.35. The highest BCUT2D eigenvalue weighted by atomic mass is 28.4. The van der Waals surface area contributed by atoms with Gasteiger partial charge in [-0.05, 0) is 23.7 Å². The summed E-state index contributed by atoms with van der Waals surface area (Å²) in [5, 5.41) is 9.04. The van der Waals surface area contributed by atoms with Crippen LogP contribution in [0, 0.1) is 5.92 Å². The minimum Gasteiger partial charge on any atom is -0.411 e. The van der Waals surface area contributed by atoms with E-state index in [-0.39, 0.29) is 18.6 Å². The zero-order valence-corrected chi connectivity index (χ0v) is 16.7. The summed E-state index contributed by atoms with van der Waals surface area (Å²) in [6.45, 7) is 10.1. The Balaban J connectivity index is 2.71. The quantitative estimate of drug-likeness (QED) is 0.435. The summed E-state index contributed by atoms with van der Waals surface area (Å²) < 4.78 is 12.6. The molecule has 4 heteroatoms. The standard InChI is InChI=1S/C20H34O3Si/c1-5-24(6-2,7-3)23-20(18(4)12-11-15-21)17-22-16-19-13-9-8-10-14-19/h8-14,18,20-21H,5-7,15-17H2,1-4H3/b12-11+/t18-,20-/m1/s1. The Hall–Kier alpha value is -0.943. The van der Waals surface area contributed by atoms with Gasteiger partial charge < -0.3 is 14.3 Å². The van der Waals surface area contributed by atoms with Crippen LogP contribution < -0.4 is 0 Å². The van der Waals surface area contributed by atoms with Crippen molar-refractivity contribution in [2.24, 2.45) is 5.92 Å². The minimum atomic E-state index is -1.69. The lowest BCUT2D eigenvalue weighted by molar-refractivity contribution is 0.0194. The predicted molar refractivity (Wildman–Crippen MR) is 104 cm³/mol. The van der Waals surface area contributed by atoms with Crippen LogP contribution in [0.2, 0.25) is 18.1 Å². The van der Waals surface area contributed by atoms with Crippen molar-refractivity contribution in [2.45, 2.75) is 58.5 Å². The second-order valence-electron chi connectivity index (χ2n) is 6.37. The summed E-state index contributed by atoms with van der Waals surface area (Å²) in [6, 6.07) is 13.6. The number of aliphatic hydroxyl groups is 1. The molecule has 0 aromatic heterocycles. The first-order valence-corrected chi connectivity index (χ1v) is 11.7. The fourth-order valence-corrected chi connectivity index (χ4v) is 5.81. The molecular weight excluding hydrogens is 316 g/mol. The topological polar surface area (TPSA) is 38.7 Å². The van der Waals surface area contributed by atoms with Crippen LogP contribution in [0.15, 0.2) is 42.5 Å². The van der Waals surface area contributed by atoms with Crippen molar-refractivity contribution in [2.75, 3.05) is 13.2 Å². The van der Waals surface area contributed by atoms with Gasteiger partial charge in [-0.25, -0.2) is 0 Å². The monoisotopic (exact) mass is 350 g/mol. The molecule has 1 N–H and O–H groups in total. The first-order valence-electron chi connectivity index (χ1n) is 9.17. The number of benzene rings is 1. The maximum absolute atomic E-state index is 9.04. The molecule has 0 heterocycles. The SMILES string of the molecule is CC[Si](CC)(CC)O[C@H](COCc1ccccc1)[C@H](C)/C=C/CO. The van der Waals surface area contributed by atoms with E-state index in [1.165, 1.54) is 5.56 Å². The number of ether oxygens (including phenoxy) is 1. The third-order valence-electron chi connectivity index (χ3n) is 4.86. The lowest BCUT2D eigenvalue weighted by Crippen LogP contribution is -2.43. The van der Waals surface area contributed by atoms with E-state index in [9.17, 15) is 0 Å². The minimum absolute atomic E-state index is 0.0445. The Morgan fingerprint density at radius 2 is 1.71 bits per heavy atom. The van der Waals surface area contributed by atoms with Crippen LogP contribution in [0.25, 0.3) is 0 Å². The van der Waals surface area contributed by atoms with E-state index in [0.29, 0.717) is 13.2 Å². The van der Waals surface area contributed by atoms with Gasteiger partial charge in [0, 0.05) is 5.92 Å². The van der Waals surface area contributed by atoms with E-state index in [0.717, 1.165) is 18.1 Å². The van der Waals surface area contributed by atoms with Gasteiger partial charge in [0.05, 0.1) is 25.9 Å². The first-order chi connectivity index (χ1) is 11.6. The van der Waals surface area contributed by atoms with E-state index in [1.54, 1.807) is 6.08 Å². The zero-order valence-electron chi connectivity index (χ0n) is 15.7. The van der Waals surface area contributed by atoms with Gasteiger partial charge in [0.2, 0.25) is 0 Å². The molecule has 0 spiro atoms. The van der Waals surface area contributed by atoms with Gasteiger partial charge >= 0.3 is 0 Å². The van der Waals surface area contributed by atoms with Gasteiger partial charge in [-0.3, -0.25) is 0 Å². The Bertz CT molecular complexity index is 449. The Kier molecular flexibility index (Phi) is 10.2. The predicted octanol–water partition coefficient (Wildman–Crippen LogP) is 4.78. The van der Waals surface area contributed by atoms with Crippen LogP contribution in [-0.2, 0) is 15.8 Å². The molecule has 0 aliphatic heterocycles. The molecule has 0 fully saturated rings. The smallest absolute Gasteiger partial charge is 0.192 e. The first kappa shape index (κ1) is 21.1. The molecule has 1 aromatic carbocycles. The van der Waals surface area contributed by atoms with Crippen LogP contribution in [0.1, 0.15) is 33.3 Å². The molecule has 136 valence electrons. The molecule has 1 aromatic rings. The molecule has 0 aliphatic rings. The van der Waals surface area contributed by atoms with Crippen molar-refractivity contribution in [3.8, 4) is 0 Å². The van der Waals surface area contributed by atoms with Crippen LogP contribution in [0.4, 0.5) is 0 Å². The summed E-state index contributed by atoms with van der Waals surface area (Å²) >= 11 is 0. The molecule has 0 radical (unpaired) electrons. The van der Waals surface area contributed by atoms with E-state index >= 15 is 0 Å². The van der Waals surface area contributed by atoms with E-state index in [4.69, 9.17) is 14.3 Å². The van der Waals surface area contributed by atoms with E-state index < -0.39 is 8.32 Å². The summed E-state index contributed by atoms with van der Waals surface area (Å²) in [7, 11) is -1.69. The van der Waals surface area contributed by atoms with E-state index in [1.807, 2.05) is 24.3 Å². The van der Waals surface area contributed by atoms with Crippen molar-refractivity contribution < 1.29 is 14.3 Å². The summed E-state index contributed by atoms with van der Waals surface area (Å²) in [5.74, 6) is 0.226. The second-order valence-corrected chi connectivity index (χ2v) is 11.1. The molecule has 0 amide bonds. The summed E-state index contributed by atoms with van der Waals surface area (Å²) in [6.07, 6.45) is 3.88. The largest absolute Gasteiger partial charge is 0.411 e. The maximum atomic E-state index is 9.04. The Morgan fingerprint density at radius 1 is 1.08 bits per heavy atom. The average molecular weight is 351 g/mol. The van der Waals surface area contributed by atoms with Gasteiger partial charge in [-0.2, -0.15) is 0 Å². The van der Waals surface area contributed by atoms with Crippen LogP contribution >= 0.6 is 0 Å². The molecule has 0 saturated heterocycles. The van der Waals surface area contributed by atoms with Crippen LogP contribution in [0.3, 0.4) is 0 Å². The van der Waals surface area contributed by atoms with Gasteiger partial charge in [-0.15, -0.1) is 0 Å². The third kappa shape index (κ3) is 6.89. The maximum Gasteiger partial charge on any atom is 0.192 e. The highest BCUT2D eigenvalue weighted by Gasteiger charge is 2.33. The number of aliphatic hydroxyl groups excluding tert-OH is 1. The molecule has 0 aliphatic carbocycles. The molecule has 24 heavy (non-hydrogen) atoms. The fraction of sp³-hybridized carbons (Fsp3) is 0.600. The normalized spacial score (nSPS) is 14.9. The molecule has 0 unspecified atom stereocenters. The second kappa shape index (κ2) is 11.6. The molecule has 2 atom stereocenters. The van der Waals surface area contributed by atoms with Crippen molar-refractivity contribution in [1.82, 2.24) is 0 Å². The van der Waals surface area contributed by atoms with Gasteiger partial charge in [0.1, 0.15) is 0 Å². The third-order valence-corrected chi connectivity index (χ3v) is 9.53. The lowest BCUT2D eigenvalue weighted by atomic mass is 10.1. The Morgan fingerprint density at radius 3 is 2.25 bits per heavy atom. The van der Waals surface area contributed by atoms with Crippen molar-refractivity contribution in [3.63, 3.8) is 0 Å². The summed E-state index contributed by atoms with van der Waals surface area (Å²) in [4.78, 5) is 0. The number of rotatable bonds is 12. The van der Waals surface area contributed by atoms with Gasteiger partial charge in [0.15, 0.2) is 8.32 Å². The highest BCUT2D eigenvalue weighted by molar-refractivity contribution is 6.73. The average Bonchev–Trinajstić information content (AvgIpc) is 2.64. The number of hydrogen-bond acceptors (Lipinski definition) is 3. The fourth-order valence-electron chi connectivity index (χ4n) is 2.88. The molecular formula is C20H34O3Si. The van der Waals surface area contributed by atoms with Gasteiger partial charge in [0.25, 0.3) is 0 Å². The molecule has 0 saturated carbocycles. The molecule has 1 rings (SSSR count). The van der Waals surface area contributed by atoms with Crippen LogP contribution in [0.5, 0.6) is 0 Å². The summed E-state index contributed by atoms with van der Waals surface area (Å²) in [5.41, 5.74) is 1.18. The number of hydrogen-bond donors (Lipinski definition) is 1. The van der Waals surface area contributed by atoms with Gasteiger partial charge in [-0.1, -0.05) is 70.2 Å².